The first kappa shape index (κ1) is 24.0. The van der Waals surface area contributed by atoms with Crippen molar-refractivity contribution in [2.24, 2.45) is 5.92 Å². The molecule has 1 aliphatic carbocycles. The summed E-state index contributed by atoms with van der Waals surface area (Å²) in [4.78, 5) is 31.7. The summed E-state index contributed by atoms with van der Waals surface area (Å²) in [6, 6.07) is 13.8. The maximum Gasteiger partial charge on any atom is 0.268 e. The normalized spacial score (nSPS) is 14.4. The predicted octanol–water partition coefficient (Wildman–Crippen LogP) is 4.45. The Kier molecular flexibility index (Phi) is 7.37. The van der Waals surface area contributed by atoms with Crippen molar-refractivity contribution in [1.29, 1.82) is 0 Å². The van der Waals surface area contributed by atoms with Gasteiger partial charge in [0.2, 0.25) is 5.91 Å². The average molecular weight is 461 g/mol. The highest BCUT2D eigenvalue weighted by Crippen LogP contribution is 2.34. The van der Waals surface area contributed by atoms with Gasteiger partial charge in [-0.1, -0.05) is 55.3 Å². The van der Waals surface area contributed by atoms with Gasteiger partial charge in [-0.25, -0.2) is 0 Å². The number of carbonyl (C=O) groups excluding carboxylic acids is 2. The van der Waals surface area contributed by atoms with E-state index in [-0.39, 0.29) is 11.8 Å². The second-order valence-corrected chi connectivity index (χ2v) is 9.94. The van der Waals surface area contributed by atoms with E-state index in [0.717, 1.165) is 40.6 Å². The first-order valence-corrected chi connectivity index (χ1v) is 12.2. The number of aryl methyl sites for hydroxylation is 2. The van der Waals surface area contributed by atoms with Crippen LogP contribution < -0.4 is 10.6 Å². The predicted molar refractivity (Wildman–Crippen MR) is 137 cm³/mol. The number of para-hydroxylation sites is 1. The Morgan fingerprint density at radius 1 is 1.06 bits per heavy atom. The van der Waals surface area contributed by atoms with E-state index in [1.807, 2.05) is 58.3 Å². The third-order valence-electron chi connectivity index (χ3n) is 6.70. The molecule has 6 heteroatoms. The maximum absolute atomic E-state index is 13.2. The summed E-state index contributed by atoms with van der Waals surface area (Å²) in [6.07, 6.45) is 4.06. The van der Waals surface area contributed by atoms with E-state index in [9.17, 15) is 9.59 Å². The number of aromatic amines is 1. The largest absolute Gasteiger partial charge is 0.350 e. The number of benzene rings is 2. The second-order valence-electron chi connectivity index (χ2n) is 9.94. The monoisotopic (exact) mass is 460 g/mol. The Morgan fingerprint density at radius 2 is 1.76 bits per heavy atom. The second kappa shape index (κ2) is 10.4. The minimum Gasteiger partial charge on any atom is -0.350 e. The SMILES string of the molecule is Cc1c(C(=O)NC(CCC2CC2)C(=O)NCc2ccc(CN(C)C)cc2)[nH]c2c(C)cccc12. The number of aromatic nitrogens is 1. The Balaban J connectivity index is 1.42. The first-order valence-electron chi connectivity index (χ1n) is 12.2. The lowest BCUT2D eigenvalue weighted by molar-refractivity contribution is -0.123. The van der Waals surface area contributed by atoms with Crippen LogP contribution >= 0.6 is 0 Å². The van der Waals surface area contributed by atoms with Crippen LogP contribution in [0.2, 0.25) is 0 Å². The molecule has 1 atom stereocenters. The molecule has 0 bridgehead atoms. The van der Waals surface area contributed by atoms with Crippen molar-refractivity contribution in [2.45, 2.75) is 58.7 Å². The van der Waals surface area contributed by atoms with Gasteiger partial charge in [0, 0.05) is 24.0 Å². The molecule has 0 saturated heterocycles. The molecule has 2 aromatic carbocycles. The van der Waals surface area contributed by atoms with Crippen LogP contribution in [0.25, 0.3) is 10.9 Å². The van der Waals surface area contributed by atoms with E-state index < -0.39 is 6.04 Å². The van der Waals surface area contributed by atoms with Gasteiger partial charge in [-0.3, -0.25) is 9.59 Å². The molecule has 1 aromatic heterocycles. The number of carbonyl (C=O) groups is 2. The van der Waals surface area contributed by atoms with Gasteiger partial charge in [0.1, 0.15) is 11.7 Å². The zero-order chi connectivity index (χ0) is 24.2. The highest BCUT2D eigenvalue weighted by atomic mass is 16.2. The first-order chi connectivity index (χ1) is 16.3. The van der Waals surface area contributed by atoms with Crippen LogP contribution in [0.4, 0.5) is 0 Å². The summed E-state index contributed by atoms with van der Waals surface area (Å²) >= 11 is 0. The third-order valence-corrected chi connectivity index (χ3v) is 6.70. The van der Waals surface area contributed by atoms with E-state index in [1.165, 1.54) is 18.4 Å². The van der Waals surface area contributed by atoms with E-state index in [0.29, 0.717) is 24.6 Å². The fourth-order valence-corrected chi connectivity index (χ4v) is 4.47. The van der Waals surface area contributed by atoms with E-state index >= 15 is 0 Å². The summed E-state index contributed by atoms with van der Waals surface area (Å²) < 4.78 is 0. The molecule has 1 unspecified atom stereocenters. The molecule has 34 heavy (non-hydrogen) atoms. The minimum absolute atomic E-state index is 0.128. The number of hydrogen-bond donors (Lipinski definition) is 3. The molecule has 6 nitrogen and oxygen atoms in total. The van der Waals surface area contributed by atoms with Crippen molar-refractivity contribution >= 4 is 22.7 Å². The molecule has 180 valence electrons. The van der Waals surface area contributed by atoms with Gasteiger partial charge < -0.3 is 20.5 Å². The number of H-pyrrole nitrogens is 1. The van der Waals surface area contributed by atoms with Gasteiger partial charge in [0.05, 0.1) is 0 Å². The molecule has 0 radical (unpaired) electrons. The van der Waals surface area contributed by atoms with Crippen LogP contribution in [0.5, 0.6) is 0 Å². The third kappa shape index (κ3) is 5.86. The fourth-order valence-electron chi connectivity index (χ4n) is 4.47. The molecule has 1 fully saturated rings. The molecule has 2 amide bonds. The number of hydrogen-bond acceptors (Lipinski definition) is 3. The Bertz CT molecular complexity index is 1160. The summed E-state index contributed by atoms with van der Waals surface area (Å²) in [5.74, 6) is 0.335. The molecule has 0 aliphatic heterocycles. The molecular formula is C28H36N4O2. The summed E-state index contributed by atoms with van der Waals surface area (Å²) in [5.41, 5.74) is 5.80. The van der Waals surface area contributed by atoms with Crippen LogP contribution in [-0.4, -0.2) is 41.8 Å². The fraction of sp³-hybridized carbons (Fsp3) is 0.429. The van der Waals surface area contributed by atoms with E-state index in [4.69, 9.17) is 0 Å². The van der Waals surface area contributed by atoms with Crippen molar-refractivity contribution in [1.82, 2.24) is 20.5 Å². The van der Waals surface area contributed by atoms with Crippen LogP contribution in [0.1, 0.15) is 58.4 Å². The maximum atomic E-state index is 13.2. The number of amides is 2. The van der Waals surface area contributed by atoms with Crippen molar-refractivity contribution in [3.05, 3.63) is 70.4 Å². The average Bonchev–Trinajstić information content (AvgIpc) is 3.57. The molecule has 1 aliphatic rings. The number of fused-ring (bicyclic) bond motifs is 1. The zero-order valence-corrected chi connectivity index (χ0v) is 20.7. The summed E-state index contributed by atoms with van der Waals surface area (Å²) in [5, 5.41) is 7.10. The minimum atomic E-state index is -0.548. The van der Waals surface area contributed by atoms with E-state index in [1.54, 1.807) is 0 Å². The molecule has 1 saturated carbocycles. The van der Waals surface area contributed by atoms with Crippen molar-refractivity contribution in [3.63, 3.8) is 0 Å². The topological polar surface area (TPSA) is 77.2 Å². The highest BCUT2D eigenvalue weighted by molar-refractivity contribution is 6.03. The van der Waals surface area contributed by atoms with Gasteiger partial charge in [-0.2, -0.15) is 0 Å². The summed E-state index contributed by atoms with van der Waals surface area (Å²) in [7, 11) is 4.09. The molecule has 4 rings (SSSR count). The van der Waals surface area contributed by atoms with Crippen molar-refractivity contribution in [3.8, 4) is 0 Å². The molecular weight excluding hydrogens is 424 g/mol. The van der Waals surface area contributed by atoms with Gasteiger partial charge >= 0.3 is 0 Å². The zero-order valence-electron chi connectivity index (χ0n) is 20.7. The Hall–Kier alpha value is -3.12. The smallest absolute Gasteiger partial charge is 0.268 e. The van der Waals surface area contributed by atoms with Crippen LogP contribution in [0, 0.1) is 19.8 Å². The molecule has 3 N–H and O–H groups in total. The lowest BCUT2D eigenvalue weighted by atomic mass is 10.1. The molecule has 0 spiro atoms. The van der Waals surface area contributed by atoms with E-state index in [2.05, 4.69) is 32.7 Å². The van der Waals surface area contributed by atoms with Gasteiger partial charge in [-0.15, -0.1) is 0 Å². The van der Waals surface area contributed by atoms with Crippen LogP contribution in [0.3, 0.4) is 0 Å². The molecule has 1 heterocycles. The number of nitrogens with zero attached hydrogens (tertiary/aromatic N) is 1. The number of nitrogens with one attached hydrogen (secondary N) is 3. The van der Waals surface area contributed by atoms with Gasteiger partial charge in [-0.05, 0) is 69.0 Å². The quantitative estimate of drug-likeness (QED) is 0.418. The standard InChI is InChI=1S/C28H36N4O2/c1-18-6-5-7-23-19(2)26(31-25(18)23)28(34)30-24(15-14-20-8-9-20)27(33)29-16-21-10-12-22(13-11-21)17-32(3)4/h5-7,10-13,20,24,31H,8-9,14-17H2,1-4H3,(H,29,33)(H,30,34). The van der Waals surface area contributed by atoms with Gasteiger partial charge in [0.15, 0.2) is 0 Å². The lowest BCUT2D eigenvalue weighted by Gasteiger charge is -2.19. The molecule has 3 aromatic rings. The van der Waals surface area contributed by atoms with Crippen molar-refractivity contribution < 1.29 is 9.59 Å². The summed E-state index contributed by atoms with van der Waals surface area (Å²) in [6.45, 7) is 5.31. The van der Waals surface area contributed by atoms with Crippen LogP contribution in [-0.2, 0) is 17.9 Å². The van der Waals surface area contributed by atoms with Crippen LogP contribution in [0.15, 0.2) is 42.5 Å². The van der Waals surface area contributed by atoms with Gasteiger partial charge in [0.25, 0.3) is 5.91 Å². The van der Waals surface area contributed by atoms with Crippen molar-refractivity contribution in [2.75, 3.05) is 14.1 Å². The number of rotatable bonds is 10. The Morgan fingerprint density at radius 3 is 2.41 bits per heavy atom. The highest BCUT2D eigenvalue weighted by Gasteiger charge is 2.28. The Labute approximate surface area is 202 Å². The lowest BCUT2D eigenvalue weighted by Crippen LogP contribution is -2.46.